The third-order valence-corrected chi connectivity index (χ3v) is 5.78. The molecular formula is C28H17ClN2O. The van der Waals surface area contributed by atoms with Crippen molar-refractivity contribution in [3.05, 3.63) is 108 Å². The van der Waals surface area contributed by atoms with Crippen LogP contribution in [0.2, 0.25) is 5.28 Å². The maximum Gasteiger partial charge on any atom is 0.223 e. The van der Waals surface area contributed by atoms with Gasteiger partial charge in [-0.3, -0.25) is 0 Å². The third-order valence-electron chi connectivity index (χ3n) is 5.61. The summed E-state index contributed by atoms with van der Waals surface area (Å²) in [5.41, 5.74) is 8.20. The Labute approximate surface area is 190 Å². The van der Waals surface area contributed by atoms with Crippen molar-refractivity contribution in [2.45, 2.75) is 0 Å². The number of nitrogens with zero attached hydrogens (tertiary/aromatic N) is 2. The average Bonchev–Trinajstić information content (AvgIpc) is 3.23. The molecule has 6 rings (SSSR count). The Balaban J connectivity index is 1.66. The minimum Gasteiger partial charge on any atom is -0.452 e. The molecule has 0 atom stereocenters. The summed E-state index contributed by atoms with van der Waals surface area (Å²) in [5.74, 6) is 0. The quantitative estimate of drug-likeness (QED) is 0.266. The van der Waals surface area contributed by atoms with E-state index in [0.717, 1.165) is 44.3 Å². The third kappa shape index (κ3) is 3.24. The second kappa shape index (κ2) is 7.63. The van der Waals surface area contributed by atoms with E-state index in [9.17, 15) is 0 Å². The van der Waals surface area contributed by atoms with Crippen molar-refractivity contribution in [3.63, 3.8) is 0 Å². The molecule has 0 bridgehead atoms. The number of aromatic nitrogens is 2. The summed E-state index contributed by atoms with van der Waals surface area (Å²) in [6, 6.07) is 35.0. The van der Waals surface area contributed by atoms with Gasteiger partial charge in [0.2, 0.25) is 5.28 Å². The molecule has 0 saturated heterocycles. The number of benzene rings is 4. The van der Waals surface area contributed by atoms with Crippen LogP contribution in [0.3, 0.4) is 0 Å². The predicted octanol–water partition coefficient (Wildman–Crippen LogP) is 8.03. The fourth-order valence-corrected chi connectivity index (χ4v) is 4.29. The van der Waals surface area contributed by atoms with Gasteiger partial charge in [-0.1, -0.05) is 72.8 Å². The van der Waals surface area contributed by atoms with Crippen LogP contribution < -0.4 is 0 Å². The minimum absolute atomic E-state index is 0.199. The molecule has 4 heteroatoms. The van der Waals surface area contributed by atoms with Gasteiger partial charge in [0.05, 0.1) is 0 Å². The van der Waals surface area contributed by atoms with Crippen molar-refractivity contribution < 1.29 is 4.42 Å². The molecule has 4 aromatic carbocycles. The molecule has 2 heterocycles. The van der Waals surface area contributed by atoms with E-state index in [4.69, 9.17) is 16.0 Å². The molecule has 0 unspecified atom stereocenters. The standard InChI is InChI=1S/C28H17ClN2O/c29-28-30-25(27-26(31-28)23-13-7-8-14-24(23)32-27)22-16-20(18-9-3-1-4-10-18)15-21(17-22)19-11-5-2-6-12-19/h1-17H. The Morgan fingerprint density at radius 3 is 1.78 bits per heavy atom. The molecule has 0 saturated carbocycles. The first kappa shape index (κ1) is 18.8. The molecule has 0 N–H and O–H groups in total. The molecule has 0 aliphatic rings. The van der Waals surface area contributed by atoms with E-state index in [1.165, 1.54) is 0 Å². The Morgan fingerprint density at radius 2 is 1.12 bits per heavy atom. The molecule has 2 aromatic heterocycles. The van der Waals surface area contributed by atoms with Gasteiger partial charge in [-0.2, -0.15) is 0 Å². The summed E-state index contributed by atoms with van der Waals surface area (Å²) >= 11 is 6.38. The van der Waals surface area contributed by atoms with Crippen molar-refractivity contribution in [2.75, 3.05) is 0 Å². The Kier molecular flexibility index (Phi) is 4.48. The summed E-state index contributed by atoms with van der Waals surface area (Å²) in [6.07, 6.45) is 0. The largest absolute Gasteiger partial charge is 0.452 e. The fraction of sp³-hybridized carbons (Fsp3) is 0. The number of fused-ring (bicyclic) bond motifs is 3. The van der Waals surface area contributed by atoms with E-state index in [1.807, 2.05) is 60.7 Å². The van der Waals surface area contributed by atoms with Gasteiger partial charge in [0.25, 0.3) is 0 Å². The average molecular weight is 433 g/mol. The van der Waals surface area contributed by atoms with Crippen LogP contribution in [-0.2, 0) is 0 Å². The number of para-hydroxylation sites is 1. The van der Waals surface area contributed by atoms with Crippen molar-refractivity contribution in [2.24, 2.45) is 0 Å². The normalized spacial score (nSPS) is 11.3. The highest BCUT2D eigenvalue weighted by molar-refractivity contribution is 6.29. The van der Waals surface area contributed by atoms with E-state index in [2.05, 4.69) is 52.4 Å². The van der Waals surface area contributed by atoms with E-state index < -0.39 is 0 Å². The molecule has 6 aromatic rings. The molecular weight excluding hydrogens is 416 g/mol. The van der Waals surface area contributed by atoms with Crippen molar-refractivity contribution in [1.29, 1.82) is 0 Å². The number of furan rings is 1. The van der Waals surface area contributed by atoms with Gasteiger partial charge in [-0.25, -0.2) is 9.97 Å². The van der Waals surface area contributed by atoms with Crippen molar-refractivity contribution >= 4 is 33.7 Å². The summed E-state index contributed by atoms with van der Waals surface area (Å²) in [6.45, 7) is 0. The van der Waals surface area contributed by atoms with Crippen molar-refractivity contribution in [3.8, 4) is 33.5 Å². The van der Waals surface area contributed by atoms with E-state index in [0.29, 0.717) is 11.3 Å². The SMILES string of the molecule is Clc1nc(-c2cc(-c3ccccc3)cc(-c3ccccc3)c2)c2oc3ccccc3c2n1. The number of rotatable bonds is 3. The first-order valence-corrected chi connectivity index (χ1v) is 10.8. The first-order valence-electron chi connectivity index (χ1n) is 10.4. The van der Waals surface area contributed by atoms with Crippen LogP contribution in [0, 0.1) is 0 Å². The van der Waals surface area contributed by atoms with E-state index >= 15 is 0 Å². The zero-order chi connectivity index (χ0) is 21.5. The van der Waals surface area contributed by atoms with Gasteiger partial charge in [-0.05, 0) is 64.2 Å². The molecule has 32 heavy (non-hydrogen) atoms. The van der Waals surface area contributed by atoms with Gasteiger partial charge in [0.15, 0.2) is 5.58 Å². The highest BCUT2D eigenvalue weighted by Crippen LogP contribution is 2.38. The van der Waals surface area contributed by atoms with Gasteiger partial charge in [0.1, 0.15) is 16.8 Å². The summed E-state index contributed by atoms with van der Waals surface area (Å²) < 4.78 is 6.20. The number of hydrogen-bond donors (Lipinski definition) is 0. The number of hydrogen-bond acceptors (Lipinski definition) is 3. The topological polar surface area (TPSA) is 38.9 Å². The Morgan fingerprint density at radius 1 is 0.562 bits per heavy atom. The van der Waals surface area contributed by atoms with E-state index in [-0.39, 0.29) is 5.28 Å². The van der Waals surface area contributed by atoms with Crippen LogP contribution in [0.5, 0.6) is 0 Å². The highest BCUT2D eigenvalue weighted by atomic mass is 35.5. The monoisotopic (exact) mass is 432 g/mol. The lowest BCUT2D eigenvalue weighted by Gasteiger charge is -2.11. The van der Waals surface area contributed by atoms with Crippen molar-refractivity contribution in [1.82, 2.24) is 9.97 Å². The van der Waals surface area contributed by atoms with Crippen LogP contribution in [-0.4, -0.2) is 9.97 Å². The predicted molar refractivity (Wildman–Crippen MR) is 131 cm³/mol. The summed E-state index contributed by atoms with van der Waals surface area (Å²) in [4.78, 5) is 9.07. The lowest BCUT2D eigenvalue weighted by molar-refractivity contribution is 0.667. The maximum absolute atomic E-state index is 6.38. The van der Waals surface area contributed by atoms with Crippen LogP contribution >= 0.6 is 11.6 Å². The second-order valence-corrected chi connectivity index (χ2v) is 7.99. The zero-order valence-electron chi connectivity index (χ0n) is 17.0. The molecule has 152 valence electrons. The van der Waals surface area contributed by atoms with Crippen LogP contribution in [0.1, 0.15) is 0 Å². The zero-order valence-corrected chi connectivity index (χ0v) is 17.8. The smallest absolute Gasteiger partial charge is 0.223 e. The maximum atomic E-state index is 6.38. The van der Waals surface area contributed by atoms with Gasteiger partial charge in [-0.15, -0.1) is 0 Å². The van der Waals surface area contributed by atoms with Gasteiger partial charge >= 0.3 is 0 Å². The van der Waals surface area contributed by atoms with E-state index in [1.54, 1.807) is 0 Å². The first-order chi connectivity index (χ1) is 15.8. The molecule has 0 radical (unpaired) electrons. The molecule has 0 fully saturated rings. The van der Waals surface area contributed by atoms with Crippen LogP contribution in [0.25, 0.3) is 55.6 Å². The van der Waals surface area contributed by atoms with Crippen LogP contribution in [0.15, 0.2) is 108 Å². The molecule has 0 aliphatic carbocycles. The van der Waals surface area contributed by atoms with Gasteiger partial charge in [0, 0.05) is 10.9 Å². The molecule has 3 nitrogen and oxygen atoms in total. The second-order valence-electron chi connectivity index (χ2n) is 7.65. The number of halogens is 1. The Hall–Kier alpha value is -3.95. The minimum atomic E-state index is 0.199. The lowest BCUT2D eigenvalue weighted by Crippen LogP contribution is -1.91. The molecule has 0 aliphatic heterocycles. The highest BCUT2D eigenvalue weighted by Gasteiger charge is 2.18. The Bertz CT molecular complexity index is 1520. The molecule has 0 spiro atoms. The molecule has 0 amide bonds. The lowest BCUT2D eigenvalue weighted by atomic mass is 9.95. The van der Waals surface area contributed by atoms with Gasteiger partial charge < -0.3 is 4.42 Å². The fourth-order valence-electron chi connectivity index (χ4n) is 4.12. The summed E-state index contributed by atoms with van der Waals surface area (Å²) in [5, 5.41) is 1.13. The van der Waals surface area contributed by atoms with Crippen LogP contribution in [0.4, 0.5) is 0 Å². The summed E-state index contributed by atoms with van der Waals surface area (Å²) in [7, 11) is 0.